The molecule has 1 aromatic rings. The molecule has 1 saturated heterocycles. The van der Waals surface area contributed by atoms with Gasteiger partial charge in [-0.05, 0) is 18.2 Å². The van der Waals surface area contributed by atoms with Gasteiger partial charge < -0.3 is 19.7 Å². The second-order valence-corrected chi connectivity index (χ2v) is 4.81. The van der Waals surface area contributed by atoms with Crippen LogP contribution in [0.25, 0.3) is 0 Å². The number of amides is 1. The highest BCUT2D eigenvalue weighted by molar-refractivity contribution is 6.33. The van der Waals surface area contributed by atoms with Crippen LogP contribution in [0.15, 0.2) is 18.2 Å². The maximum atomic E-state index is 12.7. The van der Waals surface area contributed by atoms with Gasteiger partial charge in [0.1, 0.15) is 6.09 Å². The van der Waals surface area contributed by atoms with Crippen molar-refractivity contribution in [2.75, 3.05) is 31.1 Å². The van der Waals surface area contributed by atoms with Crippen LogP contribution in [0.3, 0.4) is 0 Å². The second-order valence-electron chi connectivity index (χ2n) is 4.40. The number of benzene rings is 1. The lowest BCUT2D eigenvalue weighted by molar-refractivity contribution is -0.265. The molecule has 1 fully saturated rings. The van der Waals surface area contributed by atoms with Crippen LogP contribution in [-0.4, -0.2) is 37.2 Å². The zero-order valence-electron chi connectivity index (χ0n) is 10.3. The predicted octanol–water partition coefficient (Wildman–Crippen LogP) is 1.82. The SMILES string of the molecule is O=C([O-])N1CCN(c2cc(C(F)(F)F)ccc2Cl)CC1. The second kappa shape index (κ2) is 5.40. The lowest BCUT2D eigenvalue weighted by Crippen LogP contribution is -2.52. The van der Waals surface area contributed by atoms with E-state index in [2.05, 4.69) is 0 Å². The number of halogens is 4. The van der Waals surface area contributed by atoms with Gasteiger partial charge in [-0.3, -0.25) is 0 Å². The van der Waals surface area contributed by atoms with E-state index in [-0.39, 0.29) is 36.9 Å². The summed E-state index contributed by atoms with van der Waals surface area (Å²) < 4.78 is 38.0. The third-order valence-electron chi connectivity index (χ3n) is 3.15. The van der Waals surface area contributed by atoms with Crippen molar-refractivity contribution in [3.63, 3.8) is 0 Å². The minimum atomic E-state index is -4.44. The molecule has 110 valence electrons. The largest absolute Gasteiger partial charge is 0.530 e. The van der Waals surface area contributed by atoms with Crippen molar-refractivity contribution in [3.8, 4) is 0 Å². The summed E-state index contributed by atoms with van der Waals surface area (Å²) in [5.41, 5.74) is -0.515. The monoisotopic (exact) mass is 307 g/mol. The van der Waals surface area contributed by atoms with Gasteiger partial charge in [-0.2, -0.15) is 13.2 Å². The Bertz CT molecular complexity index is 514. The fourth-order valence-electron chi connectivity index (χ4n) is 2.06. The van der Waals surface area contributed by atoms with Crippen LogP contribution in [-0.2, 0) is 6.18 Å². The molecule has 0 bridgehead atoms. The Morgan fingerprint density at radius 3 is 2.30 bits per heavy atom. The first-order chi connectivity index (χ1) is 9.29. The Morgan fingerprint density at radius 2 is 1.80 bits per heavy atom. The van der Waals surface area contributed by atoms with Gasteiger partial charge in [0.25, 0.3) is 0 Å². The molecule has 0 N–H and O–H groups in total. The van der Waals surface area contributed by atoms with Gasteiger partial charge in [0.05, 0.1) is 16.3 Å². The summed E-state index contributed by atoms with van der Waals surface area (Å²) >= 11 is 5.93. The molecule has 1 heterocycles. The van der Waals surface area contributed by atoms with Gasteiger partial charge in [-0.15, -0.1) is 0 Å². The zero-order chi connectivity index (χ0) is 14.9. The van der Waals surface area contributed by atoms with Crippen molar-refractivity contribution in [2.24, 2.45) is 0 Å². The van der Waals surface area contributed by atoms with Gasteiger partial charge in [-0.1, -0.05) is 11.6 Å². The summed E-state index contributed by atoms with van der Waals surface area (Å²) in [5, 5.41) is 10.9. The van der Waals surface area contributed by atoms with Crippen molar-refractivity contribution in [3.05, 3.63) is 28.8 Å². The average molecular weight is 308 g/mol. The van der Waals surface area contributed by atoms with E-state index in [1.807, 2.05) is 0 Å². The summed E-state index contributed by atoms with van der Waals surface area (Å²) in [7, 11) is 0. The molecule has 8 heteroatoms. The highest BCUT2D eigenvalue weighted by Gasteiger charge is 2.31. The number of piperazine rings is 1. The molecule has 2 rings (SSSR count). The Balaban J connectivity index is 2.19. The summed E-state index contributed by atoms with van der Waals surface area (Å²) in [4.78, 5) is 13.4. The molecular formula is C12H11ClF3N2O2-. The number of carbonyl (C=O) groups is 1. The van der Waals surface area contributed by atoms with Crippen LogP contribution in [0, 0.1) is 0 Å². The molecule has 0 aliphatic carbocycles. The maximum Gasteiger partial charge on any atom is 0.416 e. The Morgan fingerprint density at radius 1 is 1.20 bits per heavy atom. The van der Waals surface area contributed by atoms with E-state index in [4.69, 9.17) is 11.6 Å². The number of alkyl halides is 3. The van der Waals surface area contributed by atoms with Gasteiger partial charge >= 0.3 is 6.18 Å². The summed E-state index contributed by atoms with van der Waals surface area (Å²) in [6.07, 6.45) is -5.72. The Labute approximate surface area is 118 Å². The molecule has 0 aromatic heterocycles. The number of hydrogen-bond donors (Lipinski definition) is 0. The maximum absolute atomic E-state index is 12.7. The fraction of sp³-hybridized carbons (Fsp3) is 0.417. The number of rotatable bonds is 1. The van der Waals surface area contributed by atoms with E-state index in [1.165, 1.54) is 6.07 Å². The van der Waals surface area contributed by atoms with E-state index >= 15 is 0 Å². The van der Waals surface area contributed by atoms with E-state index in [0.717, 1.165) is 17.0 Å². The third kappa shape index (κ3) is 3.09. The van der Waals surface area contributed by atoms with Crippen molar-refractivity contribution in [2.45, 2.75) is 6.18 Å². The molecule has 0 radical (unpaired) electrons. The topological polar surface area (TPSA) is 46.6 Å². The molecular weight excluding hydrogens is 297 g/mol. The fourth-order valence-corrected chi connectivity index (χ4v) is 2.30. The summed E-state index contributed by atoms with van der Waals surface area (Å²) in [6, 6.07) is 3.10. The number of carbonyl (C=O) groups excluding carboxylic acids is 1. The third-order valence-corrected chi connectivity index (χ3v) is 3.47. The van der Waals surface area contributed by atoms with Gasteiger partial charge in [0.2, 0.25) is 0 Å². The number of anilines is 1. The predicted molar refractivity (Wildman–Crippen MR) is 65.6 cm³/mol. The van der Waals surface area contributed by atoms with E-state index in [1.54, 1.807) is 4.90 Å². The first kappa shape index (κ1) is 14.8. The first-order valence-electron chi connectivity index (χ1n) is 5.86. The standard InChI is InChI=1S/C12H12ClF3N2O2/c13-9-2-1-8(12(14,15)16)7-10(9)17-3-5-18(6-4-17)11(19)20/h1-2,7H,3-6H2,(H,19,20)/p-1. The number of carboxylic acid groups (broad SMARTS) is 1. The molecule has 0 saturated carbocycles. The molecule has 1 aromatic carbocycles. The minimum absolute atomic E-state index is 0.176. The van der Waals surface area contributed by atoms with Gasteiger partial charge in [0, 0.05) is 26.2 Å². The van der Waals surface area contributed by atoms with Crippen LogP contribution in [0.4, 0.5) is 23.7 Å². The summed E-state index contributed by atoms with van der Waals surface area (Å²) in [5.74, 6) is 0. The van der Waals surface area contributed by atoms with Crippen LogP contribution in [0.5, 0.6) is 0 Å². The zero-order valence-corrected chi connectivity index (χ0v) is 11.0. The van der Waals surface area contributed by atoms with Gasteiger partial charge in [-0.25, -0.2) is 0 Å². The highest BCUT2D eigenvalue weighted by atomic mass is 35.5. The van der Waals surface area contributed by atoms with Crippen LogP contribution in [0.2, 0.25) is 5.02 Å². The molecule has 20 heavy (non-hydrogen) atoms. The van der Waals surface area contributed by atoms with E-state index < -0.39 is 17.8 Å². The Kier molecular flexibility index (Phi) is 3.99. The van der Waals surface area contributed by atoms with Crippen LogP contribution >= 0.6 is 11.6 Å². The smallest absolute Gasteiger partial charge is 0.416 e. The highest BCUT2D eigenvalue weighted by Crippen LogP contribution is 2.35. The van der Waals surface area contributed by atoms with E-state index in [0.29, 0.717) is 0 Å². The first-order valence-corrected chi connectivity index (χ1v) is 6.24. The summed E-state index contributed by atoms with van der Waals surface area (Å²) in [6.45, 7) is 0.897. The lowest BCUT2D eigenvalue weighted by atomic mass is 10.1. The van der Waals surface area contributed by atoms with Crippen LogP contribution in [0.1, 0.15) is 5.56 Å². The lowest BCUT2D eigenvalue weighted by Gasteiger charge is -2.37. The molecule has 0 spiro atoms. The molecule has 1 amide bonds. The van der Waals surface area contributed by atoms with E-state index in [9.17, 15) is 23.1 Å². The quantitative estimate of drug-likeness (QED) is 0.795. The molecule has 0 atom stereocenters. The molecule has 1 aliphatic heterocycles. The van der Waals surface area contributed by atoms with Crippen molar-refractivity contribution in [1.29, 1.82) is 0 Å². The molecule has 1 aliphatic rings. The van der Waals surface area contributed by atoms with Crippen molar-refractivity contribution in [1.82, 2.24) is 4.90 Å². The number of nitrogens with zero attached hydrogens (tertiary/aromatic N) is 2. The molecule has 4 nitrogen and oxygen atoms in total. The van der Waals surface area contributed by atoms with Crippen molar-refractivity contribution < 1.29 is 23.1 Å². The van der Waals surface area contributed by atoms with Crippen molar-refractivity contribution >= 4 is 23.4 Å². The molecule has 0 unspecified atom stereocenters. The van der Waals surface area contributed by atoms with Crippen LogP contribution < -0.4 is 10.0 Å². The Hall–Kier alpha value is -1.63. The number of hydrogen-bond acceptors (Lipinski definition) is 3. The normalized spacial score (nSPS) is 16.4. The average Bonchev–Trinajstić information content (AvgIpc) is 2.38. The minimum Gasteiger partial charge on any atom is -0.530 e. The van der Waals surface area contributed by atoms with Gasteiger partial charge in [0.15, 0.2) is 0 Å².